The normalized spacial score (nSPS) is 22.5. The van der Waals surface area contributed by atoms with Crippen LogP contribution in [0.2, 0.25) is 0 Å². The van der Waals surface area contributed by atoms with Crippen LogP contribution in [0.25, 0.3) is 0 Å². The van der Waals surface area contributed by atoms with Crippen molar-refractivity contribution in [1.82, 2.24) is 9.47 Å². The molecule has 2 unspecified atom stereocenters. The minimum Gasteiger partial charge on any atom is -0.494 e. The molecule has 0 radical (unpaired) electrons. The molecule has 3 aliphatic rings. The Morgan fingerprint density at radius 2 is 1.61 bits per heavy atom. The lowest BCUT2D eigenvalue weighted by Crippen LogP contribution is -2.46. The molecule has 0 amide bonds. The van der Waals surface area contributed by atoms with E-state index in [2.05, 4.69) is 35.8 Å². The number of hydrogen-bond acceptors (Lipinski definition) is 6. The zero-order chi connectivity index (χ0) is 21.5. The van der Waals surface area contributed by atoms with Crippen molar-refractivity contribution in [3.8, 4) is 17.5 Å². The van der Waals surface area contributed by atoms with Gasteiger partial charge in [-0.05, 0) is 38.9 Å². The van der Waals surface area contributed by atoms with Crippen LogP contribution in [-0.2, 0) is 11.3 Å². The van der Waals surface area contributed by atoms with E-state index in [9.17, 15) is 10.2 Å². The Labute approximate surface area is 183 Å². The van der Waals surface area contributed by atoms with E-state index >= 15 is 0 Å². The molecule has 2 atom stereocenters. The molecule has 1 fully saturated rings. The first-order valence-corrected chi connectivity index (χ1v) is 11.2. The molecule has 1 aromatic heterocycles. The molecule has 0 saturated carbocycles. The lowest BCUT2D eigenvalue weighted by Gasteiger charge is -2.37. The highest BCUT2D eigenvalue weighted by Crippen LogP contribution is 2.54. The van der Waals surface area contributed by atoms with Gasteiger partial charge in [0.05, 0.1) is 22.9 Å². The lowest BCUT2D eigenvalue weighted by molar-refractivity contribution is 0.0836. The van der Waals surface area contributed by atoms with Crippen molar-refractivity contribution < 1.29 is 19.7 Å². The summed E-state index contributed by atoms with van der Waals surface area (Å²) >= 11 is 0. The van der Waals surface area contributed by atoms with Crippen molar-refractivity contribution in [3.05, 3.63) is 47.5 Å². The van der Waals surface area contributed by atoms with Crippen molar-refractivity contribution in [2.45, 2.75) is 45.1 Å². The molecule has 2 aromatic rings. The number of piperazine rings is 1. The van der Waals surface area contributed by atoms with Crippen LogP contribution in [0.1, 0.15) is 43.6 Å². The maximum Gasteiger partial charge on any atom is 0.200 e. The number of ether oxygens (including phenoxy) is 2. The molecule has 7 heteroatoms. The van der Waals surface area contributed by atoms with Gasteiger partial charge in [0.1, 0.15) is 18.0 Å². The minimum atomic E-state index is -0.220. The first kappa shape index (κ1) is 20.3. The van der Waals surface area contributed by atoms with E-state index in [1.807, 2.05) is 24.3 Å². The predicted octanol–water partition coefficient (Wildman–Crippen LogP) is 3.58. The average molecular weight is 426 g/mol. The minimum absolute atomic E-state index is 0.149. The number of aromatic nitrogens is 1. The van der Waals surface area contributed by atoms with Gasteiger partial charge in [-0.1, -0.05) is 24.3 Å². The zero-order valence-corrected chi connectivity index (χ0v) is 18.2. The summed E-state index contributed by atoms with van der Waals surface area (Å²) < 4.78 is 13.3. The molecule has 0 aliphatic carbocycles. The molecule has 2 N–H and O–H groups in total. The molecule has 31 heavy (non-hydrogen) atoms. The molecule has 0 spiro atoms. The number of hydrogen-bond donors (Lipinski definition) is 2. The summed E-state index contributed by atoms with van der Waals surface area (Å²) in [6.07, 6.45) is 4.47. The van der Waals surface area contributed by atoms with Crippen LogP contribution in [-0.4, -0.2) is 58.5 Å². The van der Waals surface area contributed by atoms with E-state index in [4.69, 9.17) is 9.47 Å². The summed E-state index contributed by atoms with van der Waals surface area (Å²) in [5.41, 5.74) is 2.64. The highest BCUT2D eigenvalue weighted by Gasteiger charge is 2.42. The Bertz CT molecular complexity index is 940. The first-order chi connectivity index (χ1) is 15.0. The third kappa shape index (κ3) is 3.66. The molecule has 166 valence electrons. The number of nitrogens with zero attached hydrogens (tertiary/aromatic N) is 3. The fraction of sp³-hybridized carbons (Fsp3) is 0.500. The quantitative estimate of drug-likeness (QED) is 0.661. The van der Waals surface area contributed by atoms with Gasteiger partial charge in [0.2, 0.25) is 11.8 Å². The Morgan fingerprint density at radius 1 is 0.968 bits per heavy atom. The van der Waals surface area contributed by atoms with Gasteiger partial charge in [-0.2, -0.15) is 0 Å². The van der Waals surface area contributed by atoms with Gasteiger partial charge < -0.3 is 24.6 Å². The molecular weight excluding hydrogens is 394 g/mol. The summed E-state index contributed by atoms with van der Waals surface area (Å²) in [5.74, 6) is 1.25. The standard InChI is InChI=1S/C24H31N3O4/c1-16(2)30-18-7-4-3-6-17(18)26-14-12-25(13-15-26)10-5-11-27-23(28)21-19-8-9-20(31-19)22(21)24(27)29/h3-4,6-9,16,19-20,28-29H,5,10-15H2,1-2H3. The number of anilines is 1. The molecule has 2 bridgehead atoms. The second-order valence-electron chi connectivity index (χ2n) is 8.80. The Kier molecular flexibility index (Phi) is 5.32. The molecule has 4 heterocycles. The van der Waals surface area contributed by atoms with Crippen molar-refractivity contribution in [3.63, 3.8) is 0 Å². The van der Waals surface area contributed by atoms with Gasteiger partial charge >= 0.3 is 0 Å². The second kappa shape index (κ2) is 8.13. The Morgan fingerprint density at radius 3 is 2.26 bits per heavy atom. The zero-order valence-electron chi connectivity index (χ0n) is 18.2. The lowest BCUT2D eigenvalue weighted by atomic mass is 10.0. The number of rotatable bonds is 7. The highest BCUT2D eigenvalue weighted by molar-refractivity contribution is 5.59. The summed E-state index contributed by atoms with van der Waals surface area (Å²) in [7, 11) is 0. The van der Waals surface area contributed by atoms with Crippen molar-refractivity contribution in [2.75, 3.05) is 37.6 Å². The fourth-order valence-corrected chi connectivity index (χ4v) is 4.92. The average Bonchev–Trinajstić information content (AvgIpc) is 3.44. The Balaban J connectivity index is 1.15. The van der Waals surface area contributed by atoms with E-state index in [1.165, 1.54) is 0 Å². The second-order valence-corrected chi connectivity index (χ2v) is 8.80. The smallest absolute Gasteiger partial charge is 0.200 e. The van der Waals surface area contributed by atoms with Crippen molar-refractivity contribution >= 4 is 5.69 Å². The first-order valence-electron chi connectivity index (χ1n) is 11.2. The van der Waals surface area contributed by atoms with Crippen molar-refractivity contribution in [1.29, 1.82) is 0 Å². The van der Waals surface area contributed by atoms with Gasteiger partial charge in [0.25, 0.3) is 0 Å². The SMILES string of the molecule is CC(C)Oc1ccccc1N1CCN(CCCn2c(O)c3c(c2O)C2C=CC3O2)CC1. The predicted molar refractivity (Wildman–Crippen MR) is 119 cm³/mol. The van der Waals surface area contributed by atoms with Gasteiger partial charge in [0.15, 0.2) is 0 Å². The molecule has 1 aromatic carbocycles. The summed E-state index contributed by atoms with van der Waals surface area (Å²) in [5, 5.41) is 21.2. The summed E-state index contributed by atoms with van der Waals surface area (Å²) in [4.78, 5) is 4.84. The molecule has 3 aliphatic heterocycles. The van der Waals surface area contributed by atoms with Crippen LogP contribution < -0.4 is 9.64 Å². The summed E-state index contributed by atoms with van der Waals surface area (Å²) in [6, 6.07) is 8.26. The van der Waals surface area contributed by atoms with Crippen LogP contribution >= 0.6 is 0 Å². The van der Waals surface area contributed by atoms with Crippen LogP contribution in [0.5, 0.6) is 17.5 Å². The van der Waals surface area contributed by atoms with E-state index < -0.39 is 0 Å². The third-order valence-corrected chi connectivity index (χ3v) is 6.40. The third-order valence-electron chi connectivity index (χ3n) is 6.40. The van der Waals surface area contributed by atoms with E-state index in [1.54, 1.807) is 4.57 Å². The van der Waals surface area contributed by atoms with Crippen LogP contribution in [0.15, 0.2) is 36.4 Å². The Hall–Kier alpha value is -2.64. The number of fused-ring (bicyclic) bond motifs is 5. The highest BCUT2D eigenvalue weighted by atomic mass is 16.5. The topological polar surface area (TPSA) is 70.3 Å². The van der Waals surface area contributed by atoms with Gasteiger partial charge in [-0.15, -0.1) is 0 Å². The summed E-state index contributed by atoms with van der Waals surface area (Å²) in [6.45, 7) is 9.52. The van der Waals surface area contributed by atoms with Gasteiger partial charge in [-0.25, -0.2) is 0 Å². The monoisotopic (exact) mass is 425 g/mol. The number of benzene rings is 1. The molecule has 1 saturated heterocycles. The molecule has 5 rings (SSSR count). The number of aromatic hydroxyl groups is 2. The number of para-hydroxylation sites is 2. The van der Waals surface area contributed by atoms with Crippen LogP contribution in [0.4, 0.5) is 5.69 Å². The van der Waals surface area contributed by atoms with Gasteiger partial charge in [0, 0.05) is 32.7 Å². The van der Waals surface area contributed by atoms with Crippen molar-refractivity contribution in [2.24, 2.45) is 0 Å². The largest absolute Gasteiger partial charge is 0.494 e. The maximum atomic E-state index is 10.6. The van der Waals surface area contributed by atoms with E-state index in [0.717, 1.165) is 61.7 Å². The van der Waals surface area contributed by atoms with E-state index in [0.29, 0.717) is 6.54 Å². The van der Waals surface area contributed by atoms with Crippen LogP contribution in [0.3, 0.4) is 0 Å². The fourth-order valence-electron chi connectivity index (χ4n) is 4.92. The van der Waals surface area contributed by atoms with Crippen LogP contribution in [0, 0.1) is 0 Å². The molecule has 7 nitrogen and oxygen atoms in total. The maximum absolute atomic E-state index is 10.6. The van der Waals surface area contributed by atoms with E-state index in [-0.39, 0.29) is 30.1 Å². The molecular formula is C24H31N3O4. The van der Waals surface area contributed by atoms with Gasteiger partial charge in [-0.3, -0.25) is 9.47 Å².